The molecule has 31 heavy (non-hydrogen) atoms. The van der Waals surface area contributed by atoms with Crippen molar-refractivity contribution in [1.82, 2.24) is 9.58 Å². The second-order valence-corrected chi connectivity index (χ2v) is 8.39. The highest BCUT2D eigenvalue weighted by atomic mass is 32.2. The summed E-state index contributed by atoms with van der Waals surface area (Å²) in [5, 5.41) is 15.8. The van der Waals surface area contributed by atoms with Gasteiger partial charge < -0.3 is 9.30 Å². The molecule has 0 atom stereocenters. The number of aryl methyl sites for hydroxylation is 1. The molecule has 2 aliphatic rings. The summed E-state index contributed by atoms with van der Waals surface area (Å²) in [6.45, 7) is 8.69. The van der Waals surface area contributed by atoms with Gasteiger partial charge in [-0.25, -0.2) is 0 Å². The number of carbonyl (C=O) groups is 1. The van der Waals surface area contributed by atoms with Crippen LogP contribution in [0, 0.1) is 19.3 Å². The number of rotatable bonds is 6. The minimum absolute atomic E-state index is 0.0690. The highest BCUT2D eigenvalue weighted by Gasteiger charge is 2.35. The molecule has 0 unspecified atom stereocenters. The van der Waals surface area contributed by atoms with Crippen molar-refractivity contribution in [1.29, 1.82) is 5.41 Å². The van der Waals surface area contributed by atoms with E-state index in [9.17, 15) is 4.79 Å². The molecule has 2 aliphatic heterocycles. The highest BCUT2D eigenvalue weighted by molar-refractivity contribution is 8.26. The molecule has 4 rings (SSSR count). The number of nitrogens with zero attached hydrogens (tertiary/aromatic N) is 4. The van der Waals surface area contributed by atoms with E-state index < -0.39 is 5.91 Å². The molecule has 0 spiro atoms. The fourth-order valence-electron chi connectivity index (χ4n) is 3.69. The van der Waals surface area contributed by atoms with Gasteiger partial charge >= 0.3 is 0 Å². The Bertz CT molecular complexity index is 1140. The van der Waals surface area contributed by atoms with E-state index in [0.29, 0.717) is 11.8 Å². The third-order valence-electron chi connectivity index (χ3n) is 5.14. The van der Waals surface area contributed by atoms with Crippen molar-refractivity contribution in [3.05, 3.63) is 52.9 Å². The van der Waals surface area contributed by atoms with E-state index >= 15 is 0 Å². The summed E-state index contributed by atoms with van der Waals surface area (Å²) >= 11 is 1.37. The normalized spacial score (nSPS) is 17.2. The smallest absolute Gasteiger partial charge is 0.283 e. The van der Waals surface area contributed by atoms with Crippen LogP contribution < -0.4 is 4.74 Å². The lowest BCUT2D eigenvalue weighted by molar-refractivity contribution is -0.114. The number of hydrazone groups is 1. The summed E-state index contributed by atoms with van der Waals surface area (Å²) in [7, 11) is 0. The van der Waals surface area contributed by atoms with Crippen LogP contribution in [0.15, 0.2) is 46.0 Å². The van der Waals surface area contributed by atoms with Gasteiger partial charge in [-0.1, -0.05) is 6.92 Å². The van der Waals surface area contributed by atoms with Gasteiger partial charge in [-0.2, -0.15) is 15.1 Å². The molecular weight excluding hydrogens is 410 g/mol. The van der Waals surface area contributed by atoms with E-state index in [4.69, 9.17) is 10.1 Å². The van der Waals surface area contributed by atoms with E-state index in [1.165, 1.54) is 16.8 Å². The van der Waals surface area contributed by atoms with Crippen LogP contribution in [-0.4, -0.2) is 38.1 Å². The maximum atomic E-state index is 12.7. The Morgan fingerprint density at radius 2 is 1.94 bits per heavy atom. The average Bonchev–Trinajstić information content (AvgIpc) is 3.26. The summed E-state index contributed by atoms with van der Waals surface area (Å²) in [6, 6.07) is 9.94. The Morgan fingerprint density at radius 1 is 1.19 bits per heavy atom. The van der Waals surface area contributed by atoms with Crippen LogP contribution >= 0.6 is 11.8 Å². The van der Waals surface area contributed by atoms with Gasteiger partial charge in [0.05, 0.1) is 12.2 Å². The number of amidine groups is 2. The van der Waals surface area contributed by atoms with E-state index in [1.807, 2.05) is 51.1 Å². The number of carbonyl (C=O) groups excluding carboxylic acids is 1. The van der Waals surface area contributed by atoms with Crippen molar-refractivity contribution >= 4 is 39.8 Å². The fraction of sp³-hybridized carbons (Fsp3) is 0.304. The quantitative estimate of drug-likeness (QED) is 0.654. The van der Waals surface area contributed by atoms with Gasteiger partial charge in [-0.05, 0) is 87.3 Å². The molecule has 160 valence electrons. The molecule has 1 N–H and O–H groups in total. The Labute approximate surface area is 186 Å². The lowest BCUT2D eigenvalue weighted by Gasteiger charge is -2.20. The van der Waals surface area contributed by atoms with Gasteiger partial charge in [0, 0.05) is 17.1 Å². The monoisotopic (exact) mass is 435 g/mol. The van der Waals surface area contributed by atoms with Crippen LogP contribution in [0.5, 0.6) is 5.75 Å². The molecule has 0 bridgehead atoms. The van der Waals surface area contributed by atoms with Crippen molar-refractivity contribution < 1.29 is 9.53 Å². The third kappa shape index (κ3) is 3.95. The molecule has 2 aromatic rings. The standard InChI is InChI=1S/C23H25N5O2S/c1-5-7-20-26-28-21(24)19(22(29)25-23(28)31-20)13-16-12-14(3)27(15(16)4)17-8-10-18(11-9-17)30-6-2/h8-13,24H,5-7H2,1-4H3/b19-13+,24-21?. The largest absolute Gasteiger partial charge is 0.494 e. The van der Waals surface area contributed by atoms with Crippen LogP contribution in [-0.2, 0) is 4.79 Å². The molecular formula is C23H25N5O2S. The predicted octanol–water partition coefficient (Wildman–Crippen LogP) is 4.91. The molecule has 0 fully saturated rings. The first-order valence-electron chi connectivity index (χ1n) is 10.3. The second kappa shape index (κ2) is 8.55. The number of ether oxygens (including phenoxy) is 1. The minimum atomic E-state index is -0.400. The van der Waals surface area contributed by atoms with Gasteiger partial charge in [-0.3, -0.25) is 10.2 Å². The number of thioether (sulfide) groups is 1. The second-order valence-electron chi connectivity index (χ2n) is 7.35. The van der Waals surface area contributed by atoms with E-state index in [-0.39, 0.29) is 11.4 Å². The Kier molecular flexibility index (Phi) is 5.82. The van der Waals surface area contributed by atoms with Crippen molar-refractivity contribution in [2.75, 3.05) is 6.61 Å². The topological polar surface area (TPSA) is 83.0 Å². The van der Waals surface area contributed by atoms with Gasteiger partial charge in [0.25, 0.3) is 5.91 Å². The summed E-state index contributed by atoms with van der Waals surface area (Å²) in [6.07, 6.45) is 3.51. The third-order valence-corrected chi connectivity index (χ3v) is 6.10. The Morgan fingerprint density at radius 3 is 2.61 bits per heavy atom. The number of hydrogen-bond acceptors (Lipinski definition) is 5. The van der Waals surface area contributed by atoms with Crippen LogP contribution in [0.25, 0.3) is 11.8 Å². The van der Waals surface area contributed by atoms with E-state index in [0.717, 1.165) is 46.3 Å². The number of amides is 1. The number of fused-ring (bicyclic) bond motifs is 1. The van der Waals surface area contributed by atoms with E-state index in [2.05, 4.69) is 21.6 Å². The van der Waals surface area contributed by atoms with Crippen LogP contribution in [0.2, 0.25) is 0 Å². The predicted molar refractivity (Wildman–Crippen MR) is 126 cm³/mol. The Balaban J connectivity index is 1.67. The zero-order valence-corrected chi connectivity index (χ0v) is 18.9. The molecule has 0 saturated heterocycles. The molecule has 1 amide bonds. The molecule has 0 aliphatic carbocycles. The first-order valence-corrected chi connectivity index (χ1v) is 11.2. The summed E-state index contributed by atoms with van der Waals surface area (Å²) in [4.78, 5) is 16.9. The highest BCUT2D eigenvalue weighted by Crippen LogP contribution is 2.31. The van der Waals surface area contributed by atoms with Crippen LogP contribution in [0.1, 0.15) is 43.6 Å². The van der Waals surface area contributed by atoms with Crippen LogP contribution in [0.3, 0.4) is 0 Å². The van der Waals surface area contributed by atoms with Crippen LogP contribution in [0.4, 0.5) is 0 Å². The number of aliphatic imine (C=N–C) groups is 1. The number of benzene rings is 1. The minimum Gasteiger partial charge on any atom is -0.494 e. The number of hydrogen-bond donors (Lipinski definition) is 1. The van der Waals surface area contributed by atoms with E-state index in [1.54, 1.807) is 6.08 Å². The van der Waals surface area contributed by atoms with Crippen molar-refractivity contribution in [2.24, 2.45) is 10.1 Å². The molecule has 8 heteroatoms. The maximum Gasteiger partial charge on any atom is 0.283 e. The molecule has 1 aromatic heterocycles. The fourth-order valence-corrected chi connectivity index (χ4v) is 4.68. The number of aromatic nitrogens is 1. The van der Waals surface area contributed by atoms with Crippen molar-refractivity contribution in [3.8, 4) is 11.4 Å². The van der Waals surface area contributed by atoms with Gasteiger partial charge in [0.1, 0.15) is 10.8 Å². The summed E-state index contributed by atoms with van der Waals surface area (Å²) in [5.74, 6) is 0.500. The lowest BCUT2D eigenvalue weighted by Crippen LogP contribution is -2.35. The first-order chi connectivity index (χ1) is 14.9. The molecule has 0 radical (unpaired) electrons. The SMILES string of the molecule is CCCC1=NN2C(=N)/C(=C\c3cc(C)n(-c4ccc(OCC)cc4)c3C)C(=O)N=C2S1. The maximum absolute atomic E-state index is 12.7. The van der Waals surface area contributed by atoms with Gasteiger partial charge in [0.15, 0.2) is 5.84 Å². The average molecular weight is 436 g/mol. The zero-order valence-electron chi connectivity index (χ0n) is 18.1. The lowest BCUT2D eigenvalue weighted by atomic mass is 10.1. The molecule has 3 heterocycles. The van der Waals surface area contributed by atoms with Crippen molar-refractivity contribution in [3.63, 3.8) is 0 Å². The van der Waals surface area contributed by atoms with Gasteiger partial charge in [0.2, 0.25) is 5.17 Å². The zero-order chi connectivity index (χ0) is 22.1. The summed E-state index contributed by atoms with van der Waals surface area (Å²) < 4.78 is 7.66. The summed E-state index contributed by atoms with van der Waals surface area (Å²) in [5.41, 5.74) is 4.15. The molecule has 7 nitrogen and oxygen atoms in total. The first kappa shape index (κ1) is 21.1. The Hall–Kier alpha value is -3.13. The molecule has 0 saturated carbocycles. The molecule has 1 aromatic carbocycles. The van der Waals surface area contributed by atoms with Crippen molar-refractivity contribution in [2.45, 2.75) is 40.5 Å². The van der Waals surface area contributed by atoms with Gasteiger partial charge in [-0.15, -0.1) is 0 Å². The number of nitrogens with one attached hydrogen (secondary N) is 1.